The fraction of sp³-hybridized carbons (Fsp3) is 0.154. The fourth-order valence-electron chi connectivity index (χ4n) is 1.92. The molecule has 3 heterocycles. The molecule has 3 rings (SSSR count). The highest BCUT2D eigenvalue weighted by Crippen LogP contribution is 2.24. The van der Waals surface area contributed by atoms with Crippen molar-refractivity contribution in [3.05, 3.63) is 41.9 Å². The first kappa shape index (κ1) is 13.8. The Bertz CT molecular complexity index is 797. The maximum absolute atomic E-state index is 12.3. The molecule has 21 heavy (non-hydrogen) atoms. The molecule has 0 atom stereocenters. The number of rotatable bonds is 2. The molecule has 108 valence electrons. The molecule has 0 bridgehead atoms. The van der Waals surface area contributed by atoms with E-state index in [0.29, 0.717) is 27.3 Å². The number of halogens is 4. The molecular formula is C13H8ClF3N4. The number of nitrogens with zero attached hydrogens (tertiary/aromatic N) is 4. The normalized spacial score (nSPS) is 12.0. The fourth-order valence-corrected chi connectivity index (χ4v) is 2.08. The maximum atomic E-state index is 12.3. The van der Waals surface area contributed by atoms with E-state index in [1.807, 2.05) is 0 Å². The molecule has 8 heteroatoms. The van der Waals surface area contributed by atoms with Crippen molar-refractivity contribution < 1.29 is 13.2 Å². The molecule has 0 aliphatic rings. The first-order chi connectivity index (χ1) is 9.90. The lowest BCUT2D eigenvalue weighted by Crippen LogP contribution is -2.17. The van der Waals surface area contributed by atoms with Crippen molar-refractivity contribution >= 4 is 22.6 Å². The van der Waals surface area contributed by atoms with Gasteiger partial charge in [-0.05, 0) is 18.2 Å². The second-order valence-corrected chi connectivity index (χ2v) is 4.83. The van der Waals surface area contributed by atoms with E-state index in [4.69, 9.17) is 11.6 Å². The van der Waals surface area contributed by atoms with Crippen molar-refractivity contribution in [3.8, 4) is 11.1 Å². The zero-order valence-corrected chi connectivity index (χ0v) is 11.2. The molecule has 0 saturated heterocycles. The van der Waals surface area contributed by atoms with E-state index in [2.05, 4.69) is 15.1 Å². The van der Waals surface area contributed by atoms with Crippen LogP contribution in [-0.4, -0.2) is 25.9 Å². The van der Waals surface area contributed by atoms with Crippen LogP contribution in [0.3, 0.4) is 0 Å². The van der Waals surface area contributed by atoms with Crippen LogP contribution in [0, 0.1) is 0 Å². The molecular weight excluding hydrogens is 305 g/mol. The van der Waals surface area contributed by atoms with Gasteiger partial charge in [0.15, 0.2) is 0 Å². The third-order valence-corrected chi connectivity index (χ3v) is 3.02. The van der Waals surface area contributed by atoms with Crippen LogP contribution in [0.15, 0.2) is 36.8 Å². The molecule has 0 fully saturated rings. The second kappa shape index (κ2) is 5.00. The van der Waals surface area contributed by atoms with Gasteiger partial charge in [0.25, 0.3) is 0 Å². The Hall–Kier alpha value is -2.15. The zero-order chi connectivity index (χ0) is 15.0. The highest BCUT2D eigenvalue weighted by molar-refractivity contribution is 6.29. The number of hydrogen-bond donors (Lipinski definition) is 0. The van der Waals surface area contributed by atoms with Crippen LogP contribution in [0.4, 0.5) is 13.2 Å². The van der Waals surface area contributed by atoms with Crippen LogP contribution in [0.1, 0.15) is 0 Å². The van der Waals surface area contributed by atoms with Crippen LogP contribution >= 0.6 is 11.6 Å². The van der Waals surface area contributed by atoms with Gasteiger partial charge in [0.2, 0.25) is 0 Å². The van der Waals surface area contributed by atoms with E-state index in [0.717, 1.165) is 4.68 Å². The molecule has 0 spiro atoms. The molecule has 0 N–H and O–H groups in total. The van der Waals surface area contributed by atoms with Gasteiger partial charge in [0.1, 0.15) is 11.7 Å². The summed E-state index contributed by atoms with van der Waals surface area (Å²) in [4.78, 5) is 8.33. The molecule has 0 unspecified atom stereocenters. The van der Waals surface area contributed by atoms with Crippen molar-refractivity contribution in [2.75, 3.05) is 0 Å². The Morgan fingerprint density at radius 1 is 1.10 bits per heavy atom. The quantitative estimate of drug-likeness (QED) is 0.678. The predicted octanol–water partition coefficient (Wildman–Crippen LogP) is 3.71. The zero-order valence-electron chi connectivity index (χ0n) is 10.5. The van der Waals surface area contributed by atoms with E-state index < -0.39 is 12.7 Å². The molecule has 0 aliphatic heterocycles. The van der Waals surface area contributed by atoms with Gasteiger partial charge in [-0.3, -0.25) is 9.67 Å². The highest BCUT2D eigenvalue weighted by atomic mass is 35.5. The van der Waals surface area contributed by atoms with Gasteiger partial charge in [-0.2, -0.15) is 18.3 Å². The lowest BCUT2D eigenvalue weighted by atomic mass is 10.1. The first-order valence-corrected chi connectivity index (χ1v) is 6.30. The minimum absolute atomic E-state index is 0.328. The molecule has 0 saturated carbocycles. The summed E-state index contributed by atoms with van der Waals surface area (Å²) < 4.78 is 37.8. The number of alkyl halides is 3. The molecule has 0 radical (unpaired) electrons. The lowest BCUT2D eigenvalue weighted by Gasteiger charge is -2.05. The Balaban J connectivity index is 1.96. The Labute approximate surface area is 122 Å². The summed E-state index contributed by atoms with van der Waals surface area (Å²) in [5, 5.41) is 4.03. The average molecular weight is 313 g/mol. The topological polar surface area (TPSA) is 43.6 Å². The molecule has 3 aromatic heterocycles. The summed E-state index contributed by atoms with van der Waals surface area (Å²) in [6.45, 7) is -1.13. The number of aromatic nitrogens is 4. The van der Waals surface area contributed by atoms with Crippen molar-refractivity contribution in [1.82, 2.24) is 19.7 Å². The van der Waals surface area contributed by atoms with Gasteiger partial charge in [-0.15, -0.1) is 0 Å². The van der Waals surface area contributed by atoms with Crippen LogP contribution in [-0.2, 0) is 6.54 Å². The molecule has 3 aromatic rings. The van der Waals surface area contributed by atoms with Crippen LogP contribution in [0.5, 0.6) is 0 Å². The van der Waals surface area contributed by atoms with Crippen molar-refractivity contribution in [3.63, 3.8) is 0 Å². The van der Waals surface area contributed by atoms with Gasteiger partial charge >= 0.3 is 6.18 Å². The minimum Gasteiger partial charge on any atom is -0.263 e. The Morgan fingerprint density at radius 2 is 1.90 bits per heavy atom. The van der Waals surface area contributed by atoms with Crippen LogP contribution in [0.25, 0.3) is 22.2 Å². The first-order valence-electron chi connectivity index (χ1n) is 5.93. The average Bonchev–Trinajstić information content (AvgIpc) is 2.84. The maximum Gasteiger partial charge on any atom is 0.408 e. The lowest BCUT2D eigenvalue weighted by molar-refractivity contribution is -0.142. The van der Waals surface area contributed by atoms with Gasteiger partial charge in [0, 0.05) is 23.5 Å². The molecule has 0 aromatic carbocycles. The van der Waals surface area contributed by atoms with Gasteiger partial charge < -0.3 is 0 Å². The van der Waals surface area contributed by atoms with Crippen LogP contribution < -0.4 is 0 Å². The van der Waals surface area contributed by atoms with E-state index in [9.17, 15) is 13.2 Å². The number of fused-ring (bicyclic) bond motifs is 1. The van der Waals surface area contributed by atoms with E-state index in [-0.39, 0.29) is 0 Å². The molecule has 0 aliphatic carbocycles. The van der Waals surface area contributed by atoms with Gasteiger partial charge in [-0.1, -0.05) is 11.6 Å². The van der Waals surface area contributed by atoms with Gasteiger partial charge in [0.05, 0.1) is 17.2 Å². The van der Waals surface area contributed by atoms with Crippen LogP contribution in [0.2, 0.25) is 5.15 Å². The smallest absolute Gasteiger partial charge is 0.263 e. The van der Waals surface area contributed by atoms with Crippen molar-refractivity contribution in [1.29, 1.82) is 0 Å². The van der Waals surface area contributed by atoms with Crippen molar-refractivity contribution in [2.24, 2.45) is 0 Å². The summed E-state index contributed by atoms with van der Waals surface area (Å²) in [5.41, 5.74) is 2.40. The third kappa shape index (κ3) is 3.13. The standard InChI is InChI=1S/C13H8ClF3N4/c14-12-2-1-10-11(20-12)3-8(4-18-10)9-5-19-21(6-9)7-13(15,16)17/h1-6H,7H2. The SMILES string of the molecule is FC(F)(F)Cn1cc(-c2cnc3ccc(Cl)nc3c2)cn1. The molecule has 4 nitrogen and oxygen atoms in total. The monoisotopic (exact) mass is 312 g/mol. The van der Waals surface area contributed by atoms with E-state index in [1.54, 1.807) is 24.4 Å². The third-order valence-electron chi connectivity index (χ3n) is 2.81. The number of pyridine rings is 2. The van der Waals surface area contributed by atoms with E-state index in [1.165, 1.54) is 12.4 Å². The Morgan fingerprint density at radius 3 is 2.67 bits per heavy atom. The second-order valence-electron chi connectivity index (χ2n) is 4.44. The summed E-state index contributed by atoms with van der Waals surface area (Å²) in [6, 6.07) is 5.06. The summed E-state index contributed by atoms with van der Waals surface area (Å²) >= 11 is 5.81. The van der Waals surface area contributed by atoms with Gasteiger partial charge in [-0.25, -0.2) is 4.98 Å². The minimum atomic E-state index is -4.31. The Kier molecular flexibility index (Phi) is 3.29. The molecule has 0 amide bonds. The highest BCUT2D eigenvalue weighted by Gasteiger charge is 2.28. The number of hydrogen-bond acceptors (Lipinski definition) is 3. The summed E-state index contributed by atoms with van der Waals surface area (Å²) in [6.07, 6.45) is -0.0626. The van der Waals surface area contributed by atoms with Crippen molar-refractivity contribution in [2.45, 2.75) is 12.7 Å². The summed E-state index contributed by atoms with van der Waals surface area (Å²) in [7, 11) is 0. The summed E-state index contributed by atoms with van der Waals surface area (Å²) in [5.74, 6) is 0. The predicted molar refractivity (Wildman–Crippen MR) is 71.8 cm³/mol. The van der Waals surface area contributed by atoms with E-state index >= 15 is 0 Å². The largest absolute Gasteiger partial charge is 0.408 e.